The van der Waals surface area contributed by atoms with Gasteiger partial charge in [0, 0.05) is 12.6 Å². The van der Waals surface area contributed by atoms with Crippen LogP contribution in [-0.4, -0.2) is 25.3 Å². The Kier molecular flexibility index (Phi) is 3.41. The monoisotopic (exact) mass is 270 g/mol. The fourth-order valence-electron chi connectivity index (χ4n) is 1.85. The molecule has 0 aliphatic heterocycles. The zero-order chi connectivity index (χ0) is 13.3. The van der Waals surface area contributed by atoms with Crippen LogP contribution in [0.1, 0.15) is 12.8 Å². The summed E-state index contributed by atoms with van der Waals surface area (Å²) < 4.78 is 39.8. The summed E-state index contributed by atoms with van der Waals surface area (Å²) in [6.45, 7) is 3.70. The second-order valence-corrected chi connectivity index (χ2v) is 6.08. The van der Waals surface area contributed by atoms with Crippen LogP contribution < -0.4 is 5.73 Å². The third kappa shape index (κ3) is 2.26. The van der Waals surface area contributed by atoms with Gasteiger partial charge < -0.3 is 5.73 Å². The number of sulfonamides is 1. The number of nitrogens with zero attached hydrogens (tertiary/aromatic N) is 1. The van der Waals surface area contributed by atoms with Crippen molar-refractivity contribution in [1.29, 1.82) is 0 Å². The third-order valence-electron chi connectivity index (χ3n) is 2.83. The maximum absolute atomic E-state index is 13.7. The number of hydrogen-bond acceptors (Lipinski definition) is 3. The van der Waals surface area contributed by atoms with Crippen molar-refractivity contribution in [3.05, 3.63) is 36.7 Å². The van der Waals surface area contributed by atoms with E-state index < -0.39 is 20.7 Å². The lowest BCUT2D eigenvalue weighted by Crippen LogP contribution is -2.34. The van der Waals surface area contributed by atoms with Gasteiger partial charge in [-0.3, -0.25) is 0 Å². The van der Waals surface area contributed by atoms with Crippen LogP contribution in [0.4, 0.5) is 10.1 Å². The Balaban J connectivity index is 2.49. The standard InChI is InChI=1S/C12H15FN2O2S/c1-2-8-15(9-6-7-9)18(16,17)12-10(13)4-3-5-11(12)14/h2-5,9H,1,6-8,14H2. The summed E-state index contributed by atoms with van der Waals surface area (Å²) in [6.07, 6.45) is 3.08. The average Bonchev–Trinajstić information content (AvgIpc) is 3.08. The quantitative estimate of drug-likeness (QED) is 0.655. The smallest absolute Gasteiger partial charge is 0.248 e. The number of benzene rings is 1. The van der Waals surface area contributed by atoms with Crippen LogP contribution in [-0.2, 0) is 10.0 Å². The SMILES string of the molecule is C=CCN(C1CC1)S(=O)(=O)c1c(N)cccc1F. The minimum Gasteiger partial charge on any atom is -0.398 e. The van der Waals surface area contributed by atoms with Crippen molar-refractivity contribution in [2.45, 2.75) is 23.8 Å². The normalized spacial score (nSPS) is 15.9. The molecule has 1 aliphatic carbocycles. The first-order valence-electron chi connectivity index (χ1n) is 5.65. The molecule has 0 unspecified atom stereocenters. The number of halogens is 1. The van der Waals surface area contributed by atoms with Crippen LogP contribution in [0.15, 0.2) is 35.7 Å². The van der Waals surface area contributed by atoms with Crippen molar-refractivity contribution < 1.29 is 12.8 Å². The van der Waals surface area contributed by atoms with E-state index in [1.165, 1.54) is 22.5 Å². The Hall–Kier alpha value is -1.40. The molecule has 0 amide bonds. The second kappa shape index (κ2) is 4.70. The molecule has 4 nitrogen and oxygen atoms in total. The van der Waals surface area contributed by atoms with E-state index in [0.29, 0.717) is 0 Å². The number of nitrogen functional groups attached to an aromatic ring is 1. The number of rotatable bonds is 5. The first-order chi connectivity index (χ1) is 8.48. The largest absolute Gasteiger partial charge is 0.398 e. The van der Waals surface area contributed by atoms with Crippen molar-refractivity contribution in [3.8, 4) is 0 Å². The predicted molar refractivity (Wildman–Crippen MR) is 67.9 cm³/mol. The summed E-state index contributed by atoms with van der Waals surface area (Å²) in [7, 11) is -3.90. The highest BCUT2D eigenvalue weighted by Gasteiger charge is 2.39. The summed E-state index contributed by atoms with van der Waals surface area (Å²) in [5.41, 5.74) is 5.53. The van der Waals surface area contributed by atoms with Crippen molar-refractivity contribution in [3.63, 3.8) is 0 Å². The van der Waals surface area contributed by atoms with E-state index in [1.807, 2.05) is 0 Å². The maximum Gasteiger partial charge on any atom is 0.248 e. The highest BCUT2D eigenvalue weighted by Crippen LogP contribution is 2.34. The third-order valence-corrected chi connectivity index (χ3v) is 4.84. The van der Waals surface area contributed by atoms with E-state index in [9.17, 15) is 12.8 Å². The minimum absolute atomic E-state index is 0.0630. The number of hydrogen-bond donors (Lipinski definition) is 1. The van der Waals surface area contributed by atoms with Gasteiger partial charge in [0.1, 0.15) is 10.7 Å². The van der Waals surface area contributed by atoms with Crippen molar-refractivity contribution >= 4 is 15.7 Å². The second-order valence-electron chi connectivity index (χ2n) is 4.25. The van der Waals surface area contributed by atoms with Crippen LogP contribution >= 0.6 is 0 Å². The zero-order valence-corrected chi connectivity index (χ0v) is 10.7. The van der Waals surface area contributed by atoms with Gasteiger partial charge in [0.25, 0.3) is 0 Å². The highest BCUT2D eigenvalue weighted by atomic mass is 32.2. The molecule has 1 aliphatic rings. The first-order valence-corrected chi connectivity index (χ1v) is 7.09. The van der Waals surface area contributed by atoms with Crippen LogP contribution in [0.25, 0.3) is 0 Å². The molecular formula is C12H15FN2O2S. The van der Waals surface area contributed by atoms with Gasteiger partial charge in [-0.1, -0.05) is 12.1 Å². The van der Waals surface area contributed by atoms with E-state index in [1.54, 1.807) is 0 Å². The van der Waals surface area contributed by atoms with Gasteiger partial charge in [0.15, 0.2) is 0 Å². The van der Waals surface area contributed by atoms with Crippen LogP contribution in [0.3, 0.4) is 0 Å². The fourth-order valence-corrected chi connectivity index (χ4v) is 3.67. The Morgan fingerprint density at radius 2 is 2.17 bits per heavy atom. The van der Waals surface area contributed by atoms with E-state index in [4.69, 9.17) is 5.73 Å². The average molecular weight is 270 g/mol. The van der Waals surface area contributed by atoms with Gasteiger partial charge in [-0.15, -0.1) is 6.58 Å². The molecule has 2 rings (SSSR count). The topological polar surface area (TPSA) is 63.4 Å². The highest BCUT2D eigenvalue weighted by molar-refractivity contribution is 7.89. The summed E-state index contributed by atoms with van der Waals surface area (Å²) in [6, 6.07) is 3.81. The van der Waals surface area contributed by atoms with Gasteiger partial charge in [-0.2, -0.15) is 4.31 Å². The van der Waals surface area contributed by atoms with Crippen molar-refractivity contribution in [1.82, 2.24) is 4.31 Å². The lowest BCUT2D eigenvalue weighted by atomic mass is 10.3. The summed E-state index contributed by atoms with van der Waals surface area (Å²) in [5, 5.41) is 0. The van der Waals surface area contributed by atoms with E-state index in [0.717, 1.165) is 18.9 Å². The number of nitrogens with two attached hydrogens (primary N) is 1. The molecular weight excluding hydrogens is 255 g/mol. The molecule has 0 atom stereocenters. The van der Waals surface area contributed by atoms with E-state index in [2.05, 4.69) is 6.58 Å². The molecule has 1 saturated carbocycles. The van der Waals surface area contributed by atoms with E-state index in [-0.39, 0.29) is 18.3 Å². The van der Waals surface area contributed by atoms with Crippen LogP contribution in [0, 0.1) is 5.82 Å². The maximum atomic E-state index is 13.7. The van der Waals surface area contributed by atoms with Gasteiger partial charge in [0.05, 0.1) is 5.69 Å². The Morgan fingerprint density at radius 3 is 2.67 bits per heavy atom. The molecule has 0 heterocycles. The molecule has 0 bridgehead atoms. The molecule has 0 saturated heterocycles. The van der Waals surface area contributed by atoms with Gasteiger partial charge in [-0.25, -0.2) is 12.8 Å². The fraction of sp³-hybridized carbons (Fsp3) is 0.333. The summed E-state index contributed by atoms with van der Waals surface area (Å²) in [5.74, 6) is -0.815. The zero-order valence-electron chi connectivity index (χ0n) is 9.84. The predicted octanol–water partition coefficient (Wildman–Crippen LogP) is 1.75. The number of anilines is 1. The molecule has 18 heavy (non-hydrogen) atoms. The Morgan fingerprint density at radius 1 is 1.50 bits per heavy atom. The van der Waals surface area contributed by atoms with E-state index >= 15 is 0 Å². The molecule has 2 N–H and O–H groups in total. The van der Waals surface area contributed by atoms with Gasteiger partial charge in [-0.05, 0) is 25.0 Å². The van der Waals surface area contributed by atoms with Crippen molar-refractivity contribution in [2.75, 3.05) is 12.3 Å². The molecule has 1 aromatic rings. The molecule has 1 aromatic carbocycles. The van der Waals surface area contributed by atoms with Gasteiger partial charge in [0.2, 0.25) is 10.0 Å². The van der Waals surface area contributed by atoms with Crippen LogP contribution in [0.5, 0.6) is 0 Å². The lowest BCUT2D eigenvalue weighted by Gasteiger charge is -2.21. The molecule has 0 aromatic heterocycles. The van der Waals surface area contributed by atoms with Crippen LogP contribution in [0.2, 0.25) is 0 Å². The Labute approximate surface area is 106 Å². The first kappa shape index (κ1) is 13.0. The van der Waals surface area contributed by atoms with Gasteiger partial charge >= 0.3 is 0 Å². The molecule has 6 heteroatoms. The lowest BCUT2D eigenvalue weighted by molar-refractivity contribution is 0.431. The molecule has 0 radical (unpaired) electrons. The summed E-state index contributed by atoms with van der Waals surface area (Å²) in [4.78, 5) is -0.432. The molecule has 98 valence electrons. The van der Waals surface area contributed by atoms with Crippen molar-refractivity contribution in [2.24, 2.45) is 0 Å². The minimum atomic E-state index is -3.90. The Bertz CT molecular complexity index is 547. The molecule has 0 spiro atoms. The summed E-state index contributed by atoms with van der Waals surface area (Å²) >= 11 is 0. The molecule has 1 fully saturated rings.